The van der Waals surface area contributed by atoms with Crippen LogP contribution in [-0.2, 0) is 11.2 Å². The lowest BCUT2D eigenvalue weighted by Gasteiger charge is -2.03. The van der Waals surface area contributed by atoms with Crippen LogP contribution < -0.4 is 10.6 Å². The molecular weight excluding hydrogens is 376 g/mol. The number of phenols is 1. The van der Waals surface area contributed by atoms with E-state index in [-0.39, 0.29) is 17.4 Å². The zero-order valence-electron chi connectivity index (χ0n) is 13.1. The summed E-state index contributed by atoms with van der Waals surface area (Å²) in [5.74, 6) is 0.295. The van der Waals surface area contributed by atoms with Gasteiger partial charge in [-0.15, -0.1) is 21.5 Å². The number of carbonyl (C=O) groups excluding carboxylic acids is 1. The predicted molar refractivity (Wildman–Crippen MR) is 104 cm³/mol. The number of hydrogen-bond acceptors (Lipinski definition) is 8. The molecule has 1 amide bonds. The molecule has 2 heterocycles. The largest absolute Gasteiger partial charge is 0.508 e. The first kappa shape index (κ1) is 17.7. The number of phenolic OH excluding ortho intramolecular Hbond substituents is 1. The number of amides is 1. The summed E-state index contributed by atoms with van der Waals surface area (Å²) >= 11 is 4.53. The standard InChI is InChI=1S/C16H16N4O2S3/c21-12-5-3-11(4-6-12)18-14(22)10-24-16-20-19-15(25-16)17-8-7-13-2-1-9-23-13/h1-6,9,21H,7-8,10H2,(H,17,19)(H,18,22). The molecule has 0 atom stereocenters. The molecule has 0 saturated heterocycles. The third-order valence-electron chi connectivity index (χ3n) is 3.11. The third kappa shape index (κ3) is 5.73. The number of benzene rings is 1. The van der Waals surface area contributed by atoms with E-state index in [0.29, 0.717) is 5.69 Å². The Balaban J connectivity index is 1.40. The molecule has 130 valence electrons. The van der Waals surface area contributed by atoms with Crippen LogP contribution in [0.4, 0.5) is 10.8 Å². The fourth-order valence-corrected chi connectivity index (χ4v) is 4.24. The molecule has 0 fully saturated rings. The van der Waals surface area contributed by atoms with Crippen molar-refractivity contribution in [3.05, 3.63) is 46.7 Å². The Kier molecular flexibility index (Phi) is 6.26. The molecule has 0 aliphatic rings. The van der Waals surface area contributed by atoms with E-state index in [0.717, 1.165) is 22.4 Å². The van der Waals surface area contributed by atoms with Gasteiger partial charge < -0.3 is 15.7 Å². The van der Waals surface area contributed by atoms with E-state index >= 15 is 0 Å². The molecule has 9 heteroatoms. The van der Waals surface area contributed by atoms with E-state index in [1.54, 1.807) is 23.5 Å². The number of carbonyl (C=O) groups is 1. The minimum atomic E-state index is -0.127. The summed E-state index contributed by atoms with van der Waals surface area (Å²) in [6.45, 7) is 0.807. The molecule has 0 bridgehead atoms. The molecule has 25 heavy (non-hydrogen) atoms. The molecule has 6 nitrogen and oxygen atoms in total. The van der Waals surface area contributed by atoms with Gasteiger partial charge in [-0.05, 0) is 42.1 Å². The monoisotopic (exact) mass is 392 g/mol. The van der Waals surface area contributed by atoms with Crippen molar-refractivity contribution < 1.29 is 9.90 Å². The van der Waals surface area contributed by atoms with Crippen molar-refractivity contribution in [1.29, 1.82) is 0 Å². The molecule has 0 aliphatic heterocycles. The van der Waals surface area contributed by atoms with Gasteiger partial charge in [-0.3, -0.25) is 4.79 Å². The maximum atomic E-state index is 11.9. The lowest BCUT2D eigenvalue weighted by Crippen LogP contribution is -2.13. The van der Waals surface area contributed by atoms with E-state index in [9.17, 15) is 9.90 Å². The van der Waals surface area contributed by atoms with Crippen molar-refractivity contribution in [2.24, 2.45) is 0 Å². The Morgan fingerprint density at radius 2 is 2.04 bits per heavy atom. The normalized spacial score (nSPS) is 10.6. The molecular formula is C16H16N4O2S3. The first-order valence-electron chi connectivity index (χ1n) is 7.50. The molecule has 0 unspecified atom stereocenters. The van der Waals surface area contributed by atoms with Crippen molar-refractivity contribution in [1.82, 2.24) is 10.2 Å². The molecule has 0 spiro atoms. The van der Waals surface area contributed by atoms with Crippen molar-refractivity contribution in [2.45, 2.75) is 10.8 Å². The van der Waals surface area contributed by atoms with E-state index in [1.165, 1.54) is 40.1 Å². The Bertz CT molecular complexity index is 803. The first-order chi connectivity index (χ1) is 12.2. The smallest absolute Gasteiger partial charge is 0.234 e. The van der Waals surface area contributed by atoms with E-state index in [1.807, 2.05) is 6.07 Å². The molecule has 0 aliphatic carbocycles. The Hall–Kier alpha value is -2.10. The topological polar surface area (TPSA) is 87.1 Å². The number of aromatic nitrogens is 2. The highest BCUT2D eigenvalue weighted by Gasteiger charge is 2.08. The van der Waals surface area contributed by atoms with Crippen molar-refractivity contribution in [3.63, 3.8) is 0 Å². The second kappa shape index (κ2) is 8.84. The zero-order chi connectivity index (χ0) is 17.5. The van der Waals surface area contributed by atoms with Crippen LogP contribution in [0.25, 0.3) is 0 Å². The van der Waals surface area contributed by atoms with E-state index in [2.05, 4.69) is 32.3 Å². The van der Waals surface area contributed by atoms with Crippen LogP contribution in [0.3, 0.4) is 0 Å². The van der Waals surface area contributed by atoms with Crippen LogP contribution in [-0.4, -0.2) is 33.5 Å². The molecule has 3 rings (SSSR count). The number of rotatable bonds is 8. The van der Waals surface area contributed by atoms with Crippen LogP contribution in [0.15, 0.2) is 46.1 Å². The number of thioether (sulfide) groups is 1. The van der Waals surface area contributed by atoms with Crippen LogP contribution in [0, 0.1) is 0 Å². The summed E-state index contributed by atoms with van der Waals surface area (Å²) in [6, 6.07) is 10.5. The van der Waals surface area contributed by atoms with E-state index < -0.39 is 0 Å². The molecule has 3 N–H and O–H groups in total. The highest BCUT2D eigenvalue weighted by atomic mass is 32.2. The average Bonchev–Trinajstić information content (AvgIpc) is 3.27. The fraction of sp³-hybridized carbons (Fsp3) is 0.188. The number of thiophene rings is 1. The van der Waals surface area contributed by atoms with Crippen molar-refractivity contribution in [3.8, 4) is 5.75 Å². The SMILES string of the molecule is O=C(CSc1nnc(NCCc2cccs2)s1)Nc1ccc(O)cc1. The maximum Gasteiger partial charge on any atom is 0.234 e. The van der Waals surface area contributed by atoms with Gasteiger partial charge in [0, 0.05) is 17.1 Å². The van der Waals surface area contributed by atoms with Gasteiger partial charge in [0.15, 0.2) is 4.34 Å². The van der Waals surface area contributed by atoms with Gasteiger partial charge in [0.1, 0.15) is 5.75 Å². The van der Waals surface area contributed by atoms with Crippen LogP contribution >= 0.6 is 34.4 Å². The summed E-state index contributed by atoms with van der Waals surface area (Å²) in [7, 11) is 0. The lowest BCUT2D eigenvalue weighted by atomic mass is 10.3. The van der Waals surface area contributed by atoms with Gasteiger partial charge in [0.2, 0.25) is 11.0 Å². The molecule has 3 aromatic rings. The minimum Gasteiger partial charge on any atom is -0.508 e. The van der Waals surface area contributed by atoms with Gasteiger partial charge in [-0.2, -0.15) is 0 Å². The predicted octanol–water partition coefficient (Wildman–Crippen LogP) is 3.69. The van der Waals surface area contributed by atoms with Gasteiger partial charge in [-0.25, -0.2) is 0 Å². The number of nitrogens with one attached hydrogen (secondary N) is 2. The highest BCUT2D eigenvalue weighted by molar-refractivity contribution is 8.01. The van der Waals surface area contributed by atoms with Gasteiger partial charge in [0.05, 0.1) is 5.75 Å². The summed E-state index contributed by atoms with van der Waals surface area (Å²) in [6.07, 6.45) is 0.953. The number of hydrogen-bond donors (Lipinski definition) is 3. The minimum absolute atomic E-state index is 0.127. The Morgan fingerprint density at radius 3 is 2.80 bits per heavy atom. The molecule has 0 radical (unpaired) electrons. The first-order valence-corrected chi connectivity index (χ1v) is 10.2. The number of anilines is 2. The molecule has 2 aromatic heterocycles. The summed E-state index contributed by atoms with van der Waals surface area (Å²) in [4.78, 5) is 13.3. The second-order valence-corrected chi connectivity index (χ2v) is 8.25. The Morgan fingerprint density at radius 1 is 1.20 bits per heavy atom. The van der Waals surface area contributed by atoms with Crippen LogP contribution in [0.5, 0.6) is 5.75 Å². The summed E-state index contributed by atoms with van der Waals surface area (Å²) < 4.78 is 0.750. The molecule has 0 saturated carbocycles. The number of nitrogens with zero attached hydrogens (tertiary/aromatic N) is 2. The molecule has 1 aromatic carbocycles. The van der Waals surface area contributed by atoms with Crippen molar-refractivity contribution in [2.75, 3.05) is 22.9 Å². The summed E-state index contributed by atoms with van der Waals surface area (Å²) in [5, 5.41) is 26.2. The fourth-order valence-electron chi connectivity index (χ4n) is 1.96. The van der Waals surface area contributed by atoms with Crippen LogP contribution in [0.2, 0.25) is 0 Å². The number of aromatic hydroxyl groups is 1. The van der Waals surface area contributed by atoms with Gasteiger partial charge >= 0.3 is 0 Å². The van der Waals surface area contributed by atoms with E-state index in [4.69, 9.17) is 0 Å². The second-order valence-electron chi connectivity index (χ2n) is 5.01. The third-order valence-corrected chi connectivity index (χ3v) is 6.06. The Labute approximate surface area is 157 Å². The van der Waals surface area contributed by atoms with Crippen LogP contribution in [0.1, 0.15) is 4.88 Å². The summed E-state index contributed by atoms with van der Waals surface area (Å²) in [5.41, 5.74) is 0.650. The van der Waals surface area contributed by atoms with Gasteiger partial charge in [0.25, 0.3) is 0 Å². The van der Waals surface area contributed by atoms with Crippen molar-refractivity contribution >= 4 is 51.2 Å². The lowest BCUT2D eigenvalue weighted by molar-refractivity contribution is -0.113. The highest BCUT2D eigenvalue weighted by Crippen LogP contribution is 2.25. The average molecular weight is 393 g/mol. The quantitative estimate of drug-likeness (QED) is 0.400. The van der Waals surface area contributed by atoms with Gasteiger partial charge in [-0.1, -0.05) is 29.2 Å². The zero-order valence-corrected chi connectivity index (χ0v) is 15.6. The maximum absolute atomic E-state index is 11.9.